The van der Waals surface area contributed by atoms with Gasteiger partial charge in [-0.2, -0.15) is 0 Å². The maximum absolute atomic E-state index is 11.5. The first kappa shape index (κ1) is 15.9. The molecule has 0 radical (unpaired) electrons. The normalized spacial score (nSPS) is 10.4. The van der Waals surface area contributed by atoms with Crippen molar-refractivity contribution in [2.45, 2.75) is 34.2 Å². The summed E-state index contributed by atoms with van der Waals surface area (Å²) in [6.45, 7) is 8.43. The summed E-state index contributed by atoms with van der Waals surface area (Å²) in [5.74, 6) is -0.328. The molecular weight excluding hydrogens is 278 g/mol. The fourth-order valence-electron chi connectivity index (χ4n) is 2.21. The number of aromatic nitrogens is 2. The van der Waals surface area contributed by atoms with E-state index in [-0.39, 0.29) is 5.97 Å². The van der Waals surface area contributed by atoms with Crippen LogP contribution in [0.15, 0.2) is 18.2 Å². The third kappa shape index (κ3) is 3.42. The fraction of sp³-hybridized carbons (Fsp3) is 0.353. The van der Waals surface area contributed by atoms with E-state index < -0.39 is 0 Å². The Morgan fingerprint density at radius 3 is 2.41 bits per heavy atom. The second kappa shape index (κ2) is 6.56. The summed E-state index contributed by atoms with van der Waals surface area (Å²) < 4.78 is 4.72. The lowest BCUT2D eigenvalue weighted by atomic mass is 10.1. The Bertz CT molecular complexity index is 711. The van der Waals surface area contributed by atoms with Gasteiger partial charge in [-0.05, 0) is 51.5 Å². The molecule has 22 heavy (non-hydrogen) atoms. The highest BCUT2D eigenvalue weighted by Gasteiger charge is 2.09. The molecule has 116 valence electrons. The summed E-state index contributed by atoms with van der Waals surface area (Å²) in [7, 11) is 1.38. The van der Waals surface area contributed by atoms with E-state index in [1.165, 1.54) is 7.11 Å². The van der Waals surface area contributed by atoms with E-state index in [0.29, 0.717) is 12.1 Å². The zero-order valence-corrected chi connectivity index (χ0v) is 13.7. The van der Waals surface area contributed by atoms with E-state index in [4.69, 9.17) is 4.74 Å². The topological polar surface area (TPSA) is 64.1 Å². The molecule has 0 saturated heterocycles. The minimum atomic E-state index is -0.328. The van der Waals surface area contributed by atoms with Crippen molar-refractivity contribution in [2.24, 2.45) is 0 Å². The third-order valence-electron chi connectivity index (χ3n) is 3.67. The minimum absolute atomic E-state index is 0.328. The quantitative estimate of drug-likeness (QED) is 0.879. The van der Waals surface area contributed by atoms with Gasteiger partial charge in [0.15, 0.2) is 0 Å². The molecule has 1 aromatic carbocycles. The maximum atomic E-state index is 11.5. The third-order valence-corrected chi connectivity index (χ3v) is 3.67. The first-order valence-corrected chi connectivity index (χ1v) is 7.16. The molecule has 5 heteroatoms. The Balaban J connectivity index is 2.15. The number of benzene rings is 1. The van der Waals surface area contributed by atoms with Crippen molar-refractivity contribution in [2.75, 3.05) is 12.4 Å². The Hall–Kier alpha value is -2.43. The zero-order valence-electron chi connectivity index (χ0n) is 13.7. The molecule has 5 nitrogen and oxygen atoms in total. The van der Waals surface area contributed by atoms with Gasteiger partial charge in [-0.15, -0.1) is 0 Å². The van der Waals surface area contributed by atoms with Crippen LogP contribution < -0.4 is 5.32 Å². The smallest absolute Gasteiger partial charge is 0.337 e. The average molecular weight is 299 g/mol. The Morgan fingerprint density at radius 1 is 1.09 bits per heavy atom. The minimum Gasteiger partial charge on any atom is -0.465 e. The fourth-order valence-corrected chi connectivity index (χ4v) is 2.21. The lowest BCUT2D eigenvalue weighted by Crippen LogP contribution is -2.09. The van der Waals surface area contributed by atoms with Crippen LogP contribution in [0.5, 0.6) is 0 Å². The van der Waals surface area contributed by atoms with Crippen LogP contribution in [0.4, 0.5) is 5.69 Å². The van der Waals surface area contributed by atoms with Gasteiger partial charge in [0, 0.05) is 5.69 Å². The van der Waals surface area contributed by atoms with E-state index in [1.54, 1.807) is 6.07 Å². The summed E-state index contributed by atoms with van der Waals surface area (Å²) in [5.41, 5.74) is 6.26. The number of ether oxygens (including phenoxy) is 1. The molecule has 1 heterocycles. The SMILES string of the molecule is COC(=O)c1ccc(NCc2nc(C)c(C)nc2C)c(C)c1. The summed E-state index contributed by atoms with van der Waals surface area (Å²) in [5, 5.41) is 3.35. The van der Waals surface area contributed by atoms with Crippen molar-refractivity contribution in [1.82, 2.24) is 9.97 Å². The highest BCUT2D eigenvalue weighted by molar-refractivity contribution is 5.90. The summed E-state index contributed by atoms with van der Waals surface area (Å²) >= 11 is 0. The van der Waals surface area contributed by atoms with Crippen molar-refractivity contribution in [3.8, 4) is 0 Å². The number of hydrogen-bond donors (Lipinski definition) is 1. The second-order valence-electron chi connectivity index (χ2n) is 5.30. The predicted octanol–water partition coefficient (Wildman–Crippen LogP) is 3.11. The van der Waals surface area contributed by atoms with Crippen LogP contribution in [0, 0.1) is 27.7 Å². The van der Waals surface area contributed by atoms with Crippen LogP contribution in [-0.2, 0) is 11.3 Å². The molecule has 2 rings (SSSR count). The van der Waals surface area contributed by atoms with Gasteiger partial charge in [0.1, 0.15) is 0 Å². The van der Waals surface area contributed by atoms with E-state index in [0.717, 1.165) is 34.0 Å². The largest absolute Gasteiger partial charge is 0.465 e. The molecular formula is C17H21N3O2. The molecule has 0 unspecified atom stereocenters. The Labute approximate surface area is 130 Å². The number of rotatable bonds is 4. The monoisotopic (exact) mass is 299 g/mol. The van der Waals surface area contributed by atoms with E-state index in [1.807, 2.05) is 39.8 Å². The highest BCUT2D eigenvalue weighted by Crippen LogP contribution is 2.18. The number of anilines is 1. The lowest BCUT2D eigenvalue weighted by Gasteiger charge is -2.12. The summed E-state index contributed by atoms with van der Waals surface area (Å²) in [6, 6.07) is 5.44. The number of nitrogens with zero attached hydrogens (tertiary/aromatic N) is 2. The van der Waals surface area contributed by atoms with Gasteiger partial charge in [-0.3, -0.25) is 9.97 Å². The van der Waals surface area contributed by atoms with Crippen LogP contribution in [-0.4, -0.2) is 23.0 Å². The van der Waals surface area contributed by atoms with Crippen LogP contribution in [0.25, 0.3) is 0 Å². The number of nitrogens with one attached hydrogen (secondary N) is 1. The molecule has 0 fully saturated rings. The van der Waals surface area contributed by atoms with Crippen molar-refractivity contribution < 1.29 is 9.53 Å². The van der Waals surface area contributed by atoms with Gasteiger partial charge in [0.2, 0.25) is 0 Å². The molecule has 0 atom stereocenters. The Kier molecular flexibility index (Phi) is 4.75. The lowest BCUT2D eigenvalue weighted by molar-refractivity contribution is 0.0600. The molecule has 0 aliphatic heterocycles. The van der Waals surface area contributed by atoms with Gasteiger partial charge in [-0.1, -0.05) is 0 Å². The molecule has 0 aliphatic carbocycles. The zero-order chi connectivity index (χ0) is 16.3. The standard InChI is InChI=1S/C17H21N3O2/c1-10-8-14(17(21)22-5)6-7-15(10)18-9-16-13(4)19-11(2)12(3)20-16/h6-8,18H,9H2,1-5H3. The van der Waals surface area contributed by atoms with Crippen LogP contribution in [0.2, 0.25) is 0 Å². The average Bonchev–Trinajstić information content (AvgIpc) is 2.49. The van der Waals surface area contributed by atoms with E-state index in [2.05, 4.69) is 15.3 Å². The van der Waals surface area contributed by atoms with Crippen molar-refractivity contribution in [3.05, 3.63) is 52.1 Å². The van der Waals surface area contributed by atoms with Crippen LogP contribution in [0.1, 0.15) is 38.7 Å². The number of hydrogen-bond acceptors (Lipinski definition) is 5. The number of esters is 1. The van der Waals surface area contributed by atoms with Crippen molar-refractivity contribution in [3.63, 3.8) is 0 Å². The first-order chi connectivity index (χ1) is 10.4. The van der Waals surface area contributed by atoms with Crippen molar-refractivity contribution >= 4 is 11.7 Å². The molecule has 0 saturated carbocycles. The summed E-state index contributed by atoms with van der Waals surface area (Å²) in [6.07, 6.45) is 0. The molecule has 1 aromatic heterocycles. The first-order valence-electron chi connectivity index (χ1n) is 7.16. The van der Waals surface area contributed by atoms with Crippen LogP contribution in [0.3, 0.4) is 0 Å². The van der Waals surface area contributed by atoms with Gasteiger partial charge >= 0.3 is 5.97 Å². The highest BCUT2D eigenvalue weighted by atomic mass is 16.5. The molecule has 0 bridgehead atoms. The number of methoxy groups -OCH3 is 1. The van der Waals surface area contributed by atoms with Gasteiger partial charge in [0.05, 0.1) is 42.0 Å². The maximum Gasteiger partial charge on any atom is 0.337 e. The van der Waals surface area contributed by atoms with E-state index >= 15 is 0 Å². The van der Waals surface area contributed by atoms with Gasteiger partial charge < -0.3 is 10.1 Å². The van der Waals surface area contributed by atoms with Gasteiger partial charge in [-0.25, -0.2) is 4.79 Å². The van der Waals surface area contributed by atoms with Crippen molar-refractivity contribution in [1.29, 1.82) is 0 Å². The number of aryl methyl sites for hydroxylation is 4. The second-order valence-corrected chi connectivity index (χ2v) is 5.30. The number of carbonyl (C=O) groups excluding carboxylic acids is 1. The number of carbonyl (C=O) groups is 1. The van der Waals surface area contributed by atoms with Gasteiger partial charge in [0.25, 0.3) is 0 Å². The van der Waals surface area contributed by atoms with Crippen LogP contribution >= 0.6 is 0 Å². The summed E-state index contributed by atoms with van der Waals surface area (Å²) in [4.78, 5) is 20.6. The molecule has 0 spiro atoms. The molecule has 2 aromatic rings. The molecule has 0 amide bonds. The van der Waals surface area contributed by atoms with E-state index in [9.17, 15) is 4.79 Å². The molecule has 1 N–H and O–H groups in total. The molecule has 0 aliphatic rings. The Morgan fingerprint density at radius 2 is 1.77 bits per heavy atom. The predicted molar refractivity (Wildman–Crippen MR) is 86.1 cm³/mol.